The van der Waals surface area contributed by atoms with Gasteiger partial charge in [0, 0.05) is 25.2 Å². The van der Waals surface area contributed by atoms with Crippen molar-refractivity contribution in [2.75, 3.05) is 19.7 Å². The molecule has 0 radical (unpaired) electrons. The molecule has 8 nitrogen and oxygen atoms in total. The van der Waals surface area contributed by atoms with Crippen LogP contribution in [-0.2, 0) is 4.79 Å². The third-order valence-corrected chi connectivity index (χ3v) is 3.99. The maximum atomic E-state index is 11.7. The van der Waals surface area contributed by atoms with Gasteiger partial charge in [-0.2, -0.15) is 0 Å². The van der Waals surface area contributed by atoms with E-state index in [4.69, 9.17) is 4.74 Å². The SMILES string of the molecule is O=C(COc1ccc([N+](=O)[O-])cc1)NCCCNC(=O)c1cccs1. The minimum atomic E-state index is -0.506. The van der Waals surface area contributed by atoms with Gasteiger partial charge in [0.25, 0.3) is 17.5 Å². The quantitative estimate of drug-likeness (QED) is 0.402. The van der Waals surface area contributed by atoms with Crippen LogP contribution in [0, 0.1) is 10.1 Å². The molecule has 0 unspecified atom stereocenters. The van der Waals surface area contributed by atoms with Gasteiger partial charge in [-0.3, -0.25) is 19.7 Å². The van der Waals surface area contributed by atoms with Crippen molar-refractivity contribution < 1.29 is 19.2 Å². The Kier molecular flexibility index (Phi) is 6.90. The monoisotopic (exact) mass is 363 g/mol. The highest BCUT2D eigenvalue weighted by Gasteiger charge is 2.07. The molecule has 2 rings (SSSR count). The second-order valence-corrected chi connectivity index (χ2v) is 5.92. The molecule has 1 aromatic carbocycles. The van der Waals surface area contributed by atoms with Crippen molar-refractivity contribution in [1.82, 2.24) is 10.6 Å². The fourth-order valence-corrected chi connectivity index (χ4v) is 2.52. The molecule has 1 aromatic heterocycles. The average molecular weight is 363 g/mol. The summed E-state index contributed by atoms with van der Waals surface area (Å²) >= 11 is 1.37. The van der Waals surface area contributed by atoms with E-state index in [2.05, 4.69) is 10.6 Å². The summed E-state index contributed by atoms with van der Waals surface area (Å²) in [5.74, 6) is -0.0465. The third kappa shape index (κ3) is 6.22. The molecule has 2 aromatic rings. The van der Waals surface area contributed by atoms with E-state index in [9.17, 15) is 19.7 Å². The molecule has 0 saturated heterocycles. The van der Waals surface area contributed by atoms with Crippen LogP contribution in [0.4, 0.5) is 5.69 Å². The molecule has 0 fully saturated rings. The number of rotatable bonds is 9. The normalized spacial score (nSPS) is 10.1. The van der Waals surface area contributed by atoms with Crippen molar-refractivity contribution >= 4 is 28.8 Å². The van der Waals surface area contributed by atoms with Crippen LogP contribution in [0.15, 0.2) is 41.8 Å². The van der Waals surface area contributed by atoms with Gasteiger partial charge in [0.1, 0.15) is 5.75 Å². The second kappa shape index (κ2) is 9.38. The van der Waals surface area contributed by atoms with Crippen LogP contribution < -0.4 is 15.4 Å². The van der Waals surface area contributed by atoms with Gasteiger partial charge in [-0.1, -0.05) is 6.07 Å². The van der Waals surface area contributed by atoms with Crippen LogP contribution in [-0.4, -0.2) is 36.4 Å². The Hall–Kier alpha value is -2.94. The summed E-state index contributed by atoms with van der Waals surface area (Å²) in [7, 11) is 0. The predicted octanol–water partition coefficient (Wildman–Crippen LogP) is 1.97. The van der Waals surface area contributed by atoms with Crippen LogP contribution in [0.25, 0.3) is 0 Å². The molecule has 2 amide bonds. The van der Waals surface area contributed by atoms with E-state index in [0.29, 0.717) is 30.1 Å². The zero-order valence-corrected chi connectivity index (χ0v) is 14.1. The van der Waals surface area contributed by atoms with E-state index in [1.165, 1.54) is 35.6 Å². The number of non-ortho nitro benzene ring substituents is 1. The van der Waals surface area contributed by atoms with Gasteiger partial charge in [-0.15, -0.1) is 11.3 Å². The number of benzene rings is 1. The van der Waals surface area contributed by atoms with Gasteiger partial charge in [0.05, 0.1) is 9.80 Å². The van der Waals surface area contributed by atoms with Crippen molar-refractivity contribution in [3.8, 4) is 5.75 Å². The molecule has 132 valence electrons. The summed E-state index contributed by atoms with van der Waals surface area (Å²) < 4.78 is 5.24. The maximum absolute atomic E-state index is 11.7. The van der Waals surface area contributed by atoms with Crippen LogP contribution in [0.3, 0.4) is 0 Å². The van der Waals surface area contributed by atoms with Crippen LogP contribution >= 0.6 is 11.3 Å². The molecule has 0 aliphatic carbocycles. The number of hydrogen-bond donors (Lipinski definition) is 2. The Bertz CT molecular complexity index is 716. The highest BCUT2D eigenvalue weighted by atomic mass is 32.1. The number of nitro groups is 1. The molecule has 0 bridgehead atoms. The van der Waals surface area contributed by atoms with E-state index in [0.717, 1.165) is 0 Å². The van der Waals surface area contributed by atoms with Crippen LogP contribution in [0.1, 0.15) is 16.1 Å². The summed E-state index contributed by atoms with van der Waals surface area (Å²) in [6, 6.07) is 9.05. The van der Waals surface area contributed by atoms with Crippen molar-refractivity contribution in [3.05, 3.63) is 56.8 Å². The molecule has 1 heterocycles. The summed E-state index contributed by atoms with van der Waals surface area (Å²) in [6.45, 7) is 0.687. The number of nitrogens with zero attached hydrogens (tertiary/aromatic N) is 1. The van der Waals surface area contributed by atoms with Crippen molar-refractivity contribution in [3.63, 3.8) is 0 Å². The molecule has 0 saturated carbocycles. The Morgan fingerprint density at radius 2 is 1.84 bits per heavy atom. The molecule has 0 aliphatic rings. The zero-order valence-electron chi connectivity index (χ0n) is 13.3. The molecule has 25 heavy (non-hydrogen) atoms. The molecular formula is C16H17N3O5S. The first-order valence-electron chi connectivity index (χ1n) is 7.52. The third-order valence-electron chi connectivity index (χ3n) is 3.12. The summed E-state index contributed by atoms with van der Waals surface area (Å²) in [6.07, 6.45) is 0.598. The summed E-state index contributed by atoms with van der Waals surface area (Å²) in [5.41, 5.74) is -0.0404. The highest BCUT2D eigenvalue weighted by molar-refractivity contribution is 7.12. The first-order valence-corrected chi connectivity index (χ1v) is 8.40. The largest absolute Gasteiger partial charge is 0.484 e. The zero-order chi connectivity index (χ0) is 18.1. The maximum Gasteiger partial charge on any atom is 0.269 e. The van der Waals surface area contributed by atoms with Gasteiger partial charge in [-0.25, -0.2) is 0 Å². The van der Waals surface area contributed by atoms with Crippen molar-refractivity contribution in [2.24, 2.45) is 0 Å². The topological polar surface area (TPSA) is 111 Å². The number of ether oxygens (including phenoxy) is 1. The number of nitro benzene ring substituents is 1. The summed E-state index contributed by atoms with van der Waals surface area (Å²) in [4.78, 5) is 34.0. The van der Waals surface area contributed by atoms with Crippen LogP contribution in [0.2, 0.25) is 0 Å². The minimum Gasteiger partial charge on any atom is -0.484 e. The Labute approximate surface area is 148 Å². The molecule has 0 spiro atoms. The molecule has 0 atom stereocenters. The first kappa shape index (κ1) is 18.4. The lowest BCUT2D eigenvalue weighted by molar-refractivity contribution is -0.384. The van der Waals surface area contributed by atoms with Gasteiger partial charge in [-0.05, 0) is 30.0 Å². The van der Waals surface area contributed by atoms with Crippen molar-refractivity contribution in [2.45, 2.75) is 6.42 Å². The molecule has 0 aliphatic heterocycles. The number of thiophene rings is 1. The molecule has 2 N–H and O–H groups in total. The van der Waals surface area contributed by atoms with Gasteiger partial charge < -0.3 is 15.4 Å². The smallest absolute Gasteiger partial charge is 0.269 e. The summed E-state index contributed by atoms with van der Waals surface area (Å²) in [5, 5.41) is 17.8. The highest BCUT2D eigenvalue weighted by Crippen LogP contribution is 2.17. The van der Waals surface area contributed by atoms with Crippen LogP contribution in [0.5, 0.6) is 5.75 Å². The Morgan fingerprint density at radius 3 is 2.48 bits per heavy atom. The molecule has 9 heteroatoms. The standard InChI is InChI=1S/C16H17N3O5S/c20-15(11-24-13-6-4-12(5-7-13)19(22)23)17-8-2-9-18-16(21)14-3-1-10-25-14/h1,3-7,10H,2,8-9,11H2,(H,17,20)(H,18,21). The number of carbonyl (C=O) groups excluding carboxylic acids is 2. The van der Waals surface area contributed by atoms with E-state index in [1.807, 2.05) is 11.4 Å². The van der Waals surface area contributed by atoms with E-state index >= 15 is 0 Å². The van der Waals surface area contributed by atoms with Gasteiger partial charge in [0.2, 0.25) is 0 Å². The lowest BCUT2D eigenvalue weighted by Crippen LogP contribution is -2.32. The Balaban J connectivity index is 1.58. The number of nitrogens with one attached hydrogen (secondary N) is 2. The second-order valence-electron chi connectivity index (χ2n) is 4.98. The molecular weight excluding hydrogens is 346 g/mol. The predicted molar refractivity (Wildman–Crippen MR) is 92.9 cm³/mol. The minimum absolute atomic E-state index is 0.0404. The first-order chi connectivity index (χ1) is 12.1. The fraction of sp³-hybridized carbons (Fsp3) is 0.250. The van der Waals surface area contributed by atoms with E-state index < -0.39 is 4.92 Å². The number of amides is 2. The Morgan fingerprint density at radius 1 is 1.12 bits per heavy atom. The average Bonchev–Trinajstić information content (AvgIpc) is 3.14. The number of hydrogen-bond acceptors (Lipinski definition) is 6. The fourth-order valence-electron chi connectivity index (χ4n) is 1.88. The number of carbonyl (C=O) groups is 2. The van der Waals surface area contributed by atoms with Gasteiger partial charge >= 0.3 is 0 Å². The van der Waals surface area contributed by atoms with Gasteiger partial charge in [0.15, 0.2) is 6.61 Å². The van der Waals surface area contributed by atoms with Crippen molar-refractivity contribution in [1.29, 1.82) is 0 Å². The lowest BCUT2D eigenvalue weighted by Gasteiger charge is -2.08. The van der Waals surface area contributed by atoms with E-state index in [1.54, 1.807) is 6.07 Å². The van der Waals surface area contributed by atoms with E-state index in [-0.39, 0.29) is 24.1 Å². The lowest BCUT2D eigenvalue weighted by atomic mass is 10.3.